The van der Waals surface area contributed by atoms with Gasteiger partial charge in [0.05, 0.1) is 13.0 Å². The van der Waals surface area contributed by atoms with Gasteiger partial charge in [0.15, 0.2) is 0 Å². The molecule has 0 bridgehead atoms. The second kappa shape index (κ2) is 4.62. The summed E-state index contributed by atoms with van der Waals surface area (Å²) < 4.78 is 4.97. The van der Waals surface area contributed by atoms with Gasteiger partial charge in [-0.15, -0.1) is 0 Å². The summed E-state index contributed by atoms with van der Waals surface area (Å²) in [6.45, 7) is 6.39. The standard InChI is InChI=1S/C14H17NO2/c1-4-17-13(16)7-11-8-15-12-6-9(2)5-10(3)14(11)12/h5-6,8,15H,4,7H2,1-3H3. The fourth-order valence-electron chi connectivity index (χ4n) is 2.25. The SMILES string of the molecule is CCOC(=O)Cc1c[nH]c2cc(C)cc(C)c12. The first-order chi connectivity index (χ1) is 8.11. The molecular weight excluding hydrogens is 214 g/mol. The van der Waals surface area contributed by atoms with Crippen LogP contribution in [-0.2, 0) is 16.0 Å². The van der Waals surface area contributed by atoms with E-state index in [1.54, 1.807) is 0 Å². The van der Waals surface area contributed by atoms with Crippen LogP contribution >= 0.6 is 0 Å². The van der Waals surface area contributed by atoms with Gasteiger partial charge < -0.3 is 9.72 Å². The molecule has 0 saturated carbocycles. The van der Waals surface area contributed by atoms with Crippen molar-refractivity contribution < 1.29 is 9.53 Å². The number of aromatic amines is 1. The van der Waals surface area contributed by atoms with Gasteiger partial charge in [0.2, 0.25) is 0 Å². The molecule has 0 aliphatic heterocycles. The molecule has 1 N–H and O–H groups in total. The van der Waals surface area contributed by atoms with E-state index in [0.717, 1.165) is 16.5 Å². The average molecular weight is 231 g/mol. The van der Waals surface area contributed by atoms with E-state index < -0.39 is 0 Å². The van der Waals surface area contributed by atoms with Gasteiger partial charge in [0, 0.05) is 17.1 Å². The van der Waals surface area contributed by atoms with Gasteiger partial charge in [-0.25, -0.2) is 0 Å². The Hall–Kier alpha value is -1.77. The molecule has 2 aromatic rings. The Kier molecular flexibility index (Phi) is 3.18. The first-order valence-corrected chi connectivity index (χ1v) is 5.84. The van der Waals surface area contributed by atoms with Gasteiger partial charge in [0.25, 0.3) is 0 Å². The first-order valence-electron chi connectivity index (χ1n) is 5.84. The number of aryl methyl sites for hydroxylation is 2. The number of hydrogen-bond donors (Lipinski definition) is 1. The quantitative estimate of drug-likeness (QED) is 0.825. The number of nitrogens with one attached hydrogen (secondary N) is 1. The van der Waals surface area contributed by atoms with Crippen molar-refractivity contribution in [2.75, 3.05) is 6.61 Å². The summed E-state index contributed by atoms with van der Waals surface area (Å²) in [5.41, 5.74) is 4.51. The fourth-order valence-corrected chi connectivity index (χ4v) is 2.25. The van der Waals surface area contributed by atoms with Crippen molar-refractivity contribution in [2.45, 2.75) is 27.2 Å². The van der Waals surface area contributed by atoms with Crippen molar-refractivity contribution in [3.05, 3.63) is 35.0 Å². The van der Waals surface area contributed by atoms with E-state index in [2.05, 4.69) is 31.0 Å². The maximum absolute atomic E-state index is 11.5. The second-order valence-electron chi connectivity index (χ2n) is 4.30. The predicted molar refractivity (Wildman–Crippen MR) is 68.1 cm³/mol. The van der Waals surface area contributed by atoms with Crippen LogP contribution in [0, 0.1) is 13.8 Å². The molecule has 3 nitrogen and oxygen atoms in total. The summed E-state index contributed by atoms with van der Waals surface area (Å²) in [6.07, 6.45) is 2.23. The number of aromatic nitrogens is 1. The fraction of sp³-hybridized carbons (Fsp3) is 0.357. The van der Waals surface area contributed by atoms with E-state index in [-0.39, 0.29) is 5.97 Å². The summed E-state index contributed by atoms with van der Waals surface area (Å²) in [5, 5.41) is 1.14. The third kappa shape index (κ3) is 2.33. The number of fused-ring (bicyclic) bond motifs is 1. The van der Waals surface area contributed by atoms with Crippen LogP contribution in [0.2, 0.25) is 0 Å². The summed E-state index contributed by atoms with van der Waals surface area (Å²) in [5.74, 6) is -0.173. The molecule has 2 rings (SSSR count). The molecule has 1 aromatic carbocycles. The highest BCUT2D eigenvalue weighted by atomic mass is 16.5. The van der Waals surface area contributed by atoms with Crippen molar-refractivity contribution >= 4 is 16.9 Å². The van der Waals surface area contributed by atoms with Crippen LogP contribution in [0.3, 0.4) is 0 Å². The number of hydrogen-bond acceptors (Lipinski definition) is 2. The molecule has 0 aliphatic rings. The Morgan fingerprint density at radius 3 is 2.82 bits per heavy atom. The Morgan fingerprint density at radius 1 is 1.35 bits per heavy atom. The molecule has 17 heavy (non-hydrogen) atoms. The molecule has 0 unspecified atom stereocenters. The zero-order valence-corrected chi connectivity index (χ0v) is 10.5. The lowest BCUT2D eigenvalue weighted by molar-refractivity contribution is -0.142. The summed E-state index contributed by atoms with van der Waals surface area (Å²) in [4.78, 5) is 14.7. The number of esters is 1. The first kappa shape index (κ1) is 11.7. The minimum Gasteiger partial charge on any atom is -0.466 e. The lowest BCUT2D eigenvalue weighted by Gasteiger charge is -2.03. The third-order valence-corrected chi connectivity index (χ3v) is 2.84. The van der Waals surface area contributed by atoms with Crippen LogP contribution < -0.4 is 0 Å². The number of ether oxygens (including phenoxy) is 1. The minimum atomic E-state index is -0.173. The van der Waals surface area contributed by atoms with Crippen LogP contribution in [0.25, 0.3) is 10.9 Å². The third-order valence-electron chi connectivity index (χ3n) is 2.84. The van der Waals surface area contributed by atoms with Gasteiger partial charge >= 0.3 is 5.97 Å². The lowest BCUT2D eigenvalue weighted by Crippen LogP contribution is -2.07. The summed E-state index contributed by atoms with van der Waals surface area (Å²) in [7, 11) is 0. The average Bonchev–Trinajstić information content (AvgIpc) is 2.61. The monoisotopic (exact) mass is 231 g/mol. The van der Waals surface area contributed by atoms with Gasteiger partial charge in [-0.3, -0.25) is 4.79 Å². The second-order valence-corrected chi connectivity index (χ2v) is 4.30. The molecule has 0 fully saturated rings. The normalized spacial score (nSPS) is 10.8. The van der Waals surface area contributed by atoms with Gasteiger partial charge in [0.1, 0.15) is 0 Å². The molecule has 0 saturated heterocycles. The van der Waals surface area contributed by atoms with Gasteiger partial charge in [-0.2, -0.15) is 0 Å². The number of benzene rings is 1. The van der Waals surface area contributed by atoms with Crippen LogP contribution in [0.4, 0.5) is 0 Å². The van der Waals surface area contributed by atoms with Crippen molar-refractivity contribution in [3.63, 3.8) is 0 Å². The van der Waals surface area contributed by atoms with E-state index in [9.17, 15) is 4.79 Å². The molecule has 3 heteroatoms. The molecule has 0 aliphatic carbocycles. The highest BCUT2D eigenvalue weighted by molar-refractivity contribution is 5.90. The maximum atomic E-state index is 11.5. The van der Waals surface area contributed by atoms with Crippen LogP contribution in [0.1, 0.15) is 23.6 Å². The predicted octanol–water partition coefficient (Wildman–Crippen LogP) is 2.89. The van der Waals surface area contributed by atoms with Crippen molar-refractivity contribution in [3.8, 4) is 0 Å². The van der Waals surface area contributed by atoms with Crippen molar-refractivity contribution in [2.24, 2.45) is 0 Å². The van der Waals surface area contributed by atoms with Crippen LogP contribution in [0.15, 0.2) is 18.3 Å². The van der Waals surface area contributed by atoms with Crippen molar-refractivity contribution in [1.29, 1.82) is 0 Å². The Balaban J connectivity index is 2.39. The molecule has 0 atom stereocenters. The Labute approximate surface area is 101 Å². The molecule has 0 spiro atoms. The number of carbonyl (C=O) groups excluding carboxylic acids is 1. The smallest absolute Gasteiger partial charge is 0.310 e. The molecular formula is C14H17NO2. The summed E-state index contributed by atoms with van der Waals surface area (Å²) >= 11 is 0. The highest BCUT2D eigenvalue weighted by Crippen LogP contribution is 2.24. The maximum Gasteiger partial charge on any atom is 0.310 e. The van der Waals surface area contributed by atoms with E-state index in [0.29, 0.717) is 13.0 Å². The Bertz CT molecular complexity index is 555. The largest absolute Gasteiger partial charge is 0.466 e. The van der Waals surface area contributed by atoms with E-state index in [1.165, 1.54) is 11.1 Å². The number of H-pyrrole nitrogens is 1. The molecule has 1 heterocycles. The molecule has 0 radical (unpaired) electrons. The van der Waals surface area contributed by atoms with E-state index >= 15 is 0 Å². The molecule has 0 amide bonds. The molecule has 1 aromatic heterocycles. The molecule has 90 valence electrons. The van der Waals surface area contributed by atoms with E-state index in [1.807, 2.05) is 13.1 Å². The number of rotatable bonds is 3. The highest BCUT2D eigenvalue weighted by Gasteiger charge is 2.11. The van der Waals surface area contributed by atoms with E-state index in [4.69, 9.17) is 4.74 Å². The topological polar surface area (TPSA) is 42.1 Å². The minimum absolute atomic E-state index is 0.173. The zero-order valence-electron chi connectivity index (χ0n) is 10.5. The lowest BCUT2D eigenvalue weighted by atomic mass is 10.0. The Morgan fingerprint density at radius 2 is 2.12 bits per heavy atom. The summed E-state index contributed by atoms with van der Waals surface area (Å²) in [6, 6.07) is 4.22. The van der Waals surface area contributed by atoms with Gasteiger partial charge in [-0.1, -0.05) is 6.07 Å². The van der Waals surface area contributed by atoms with Gasteiger partial charge in [-0.05, 0) is 43.5 Å². The van der Waals surface area contributed by atoms with Crippen molar-refractivity contribution in [1.82, 2.24) is 4.98 Å². The zero-order chi connectivity index (χ0) is 12.4. The van der Waals surface area contributed by atoms with Crippen LogP contribution in [-0.4, -0.2) is 17.6 Å². The number of carbonyl (C=O) groups is 1. The van der Waals surface area contributed by atoms with Crippen LogP contribution in [0.5, 0.6) is 0 Å².